The van der Waals surface area contributed by atoms with Gasteiger partial charge in [0.2, 0.25) is 5.82 Å². The van der Waals surface area contributed by atoms with Crippen LogP contribution >= 0.6 is 11.6 Å². The molecule has 0 atom stereocenters. The maximum absolute atomic E-state index is 13.0. The van der Waals surface area contributed by atoms with Crippen LogP contribution in [0.1, 0.15) is 21.9 Å². The summed E-state index contributed by atoms with van der Waals surface area (Å²) in [7, 11) is 3.94. The first kappa shape index (κ1) is 18.3. The summed E-state index contributed by atoms with van der Waals surface area (Å²) in [5, 5.41) is 4.98. The number of benzene rings is 1. The van der Waals surface area contributed by atoms with E-state index in [4.69, 9.17) is 11.6 Å². The molecule has 3 aromatic rings. The van der Waals surface area contributed by atoms with Crippen molar-refractivity contribution in [1.82, 2.24) is 29.4 Å². The third-order valence-electron chi connectivity index (χ3n) is 3.99. The van der Waals surface area contributed by atoms with Crippen LogP contribution in [0.3, 0.4) is 0 Å². The van der Waals surface area contributed by atoms with Crippen LogP contribution in [-0.2, 0) is 6.54 Å². The van der Waals surface area contributed by atoms with Gasteiger partial charge in [-0.1, -0.05) is 23.7 Å². The zero-order valence-electron chi connectivity index (χ0n) is 15.1. The Morgan fingerprint density at radius 3 is 2.73 bits per heavy atom. The van der Waals surface area contributed by atoms with E-state index in [0.29, 0.717) is 23.9 Å². The Bertz CT molecular complexity index is 923. The van der Waals surface area contributed by atoms with Gasteiger partial charge >= 0.3 is 0 Å². The SMILES string of the molecule is Cc1ccnc2nc(C(=O)N(CCN(C)C)Cc3cccc(Cl)c3)nn12. The highest BCUT2D eigenvalue weighted by molar-refractivity contribution is 6.30. The van der Waals surface area contributed by atoms with E-state index >= 15 is 0 Å². The molecule has 3 rings (SSSR count). The summed E-state index contributed by atoms with van der Waals surface area (Å²) >= 11 is 6.08. The van der Waals surface area contributed by atoms with E-state index in [9.17, 15) is 4.79 Å². The molecule has 0 fully saturated rings. The normalized spacial score (nSPS) is 11.3. The van der Waals surface area contributed by atoms with Crippen LogP contribution in [0.5, 0.6) is 0 Å². The summed E-state index contributed by atoms with van der Waals surface area (Å²) in [5.41, 5.74) is 1.83. The van der Waals surface area contributed by atoms with E-state index in [1.165, 1.54) is 0 Å². The molecule has 1 aromatic carbocycles. The molecule has 7 nitrogen and oxygen atoms in total. The molecule has 2 heterocycles. The van der Waals surface area contributed by atoms with Crippen molar-refractivity contribution < 1.29 is 4.79 Å². The number of halogens is 1. The Morgan fingerprint density at radius 1 is 1.23 bits per heavy atom. The second-order valence-corrected chi connectivity index (χ2v) is 6.83. The lowest BCUT2D eigenvalue weighted by atomic mass is 10.2. The molecular formula is C18H21ClN6O. The van der Waals surface area contributed by atoms with E-state index in [-0.39, 0.29) is 11.7 Å². The van der Waals surface area contributed by atoms with Crippen molar-refractivity contribution in [2.24, 2.45) is 0 Å². The lowest BCUT2D eigenvalue weighted by Gasteiger charge is -2.23. The van der Waals surface area contributed by atoms with E-state index < -0.39 is 0 Å². The zero-order valence-corrected chi connectivity index (χ0v) is 15.8. The summed E-state index contributed by atoms with van der Waals surface area (Å²) in [4.78, 5) is 25.3. The summed E-state index contributed by atoms with van der Waals surface area (Å²) < 4.78 is 1.58. The predicted octanol–water partition coefficient (Wildman–Crippen LogP) is 2.29. The summed E-state index contributed by atoms with van der Waals surface area (Å²) in [6.45, 7) is 3.62. The van der Waals surface area contributed by atoms with Gasteiger partial charge in [-0.05, 0) is 44.8 Å². The van der Waals surface area contributed by atoms with Crippen molar-refractivity contribution in [3.8, 4) is 0 Å². The maximum atomic E-state index is 13.0. The molecule has 26 heavy (non-hydrogen) atoms. The largest absolute Gasteiger partial charge is 0.330 e. The fourth-order valence-electron chi connectivity index (χ4n) is 2.57. The molecular weight excluding hydrogens is 352 g/mol. The summed E-state index contributed by atoms with van der Waals surface area (Å²) in [6.07, 6.45) is 1.66. The van der Waals surface area contributed by atoms with Gasteiger partial charge in [-0.15, -0.1) is 5.10 Å². The van der Waals surface area contributed by atoms with Crippen molar-refractivity contribution in [2.75, 3.05) is 27.2 Å². The molecule has 8 heteroatoms. The zero-order chi connectivity index (χ0) is 18.7. The van der Waals surface area contributed by atoms with Crippen molar-refractivity contribution in [2.45, 2.75) is 13.5 Å². The number of aromatic nitrogens is 4. The second-order valence-electron chi connectivity index (χ2n) is 6.39. The van der Waals surface area contributed by atoms with Crippen LogP contribution in [0.2, 0.25) is 5.02 Å². The van der Waals surface area contributed by atoms with Gasteiger partial charge < -0.3 is 9.80 Å². The minimum atomic E-state index is -0.225. The van der Waals surface area contributed by atoms with Crippen LogP contribution in [0.25, 0.3) is 5.78 Å². The average molecular weight is 373 g/mol. The number of fused-ring (bicyclic) bond motifs is 1. The molecule has 136 valence electrons. The number of amides is 1. The second kappa shape index (κ2) is 7.80. The molecule has 0 bridgehead atoms. The van der Waals surface area contributed by atoms with Crippen molar-refractivity contribution in [1.29, 1.82) is 0 Å². The lowest BCUT2D eigenvalue weighted by molar-refractivity contribution is 0.0720. The van der Waals surface area contributed by atoms with Gasteiger partial charge in [0, 0.05) is 36.5 Å². The van der Waals surface area contributed by atoms with Gasteiger partial charge in [-0.25, -0.2) is 9.50 Å². The Morgan fingerprint density at radius 2 is 2.04 bits per heavy atom. The number of hydrogen-bond acceptors (Lipinski definition) is 5. The average Bonchev–Trinajstić information content (AvgIpc) is 3.03. The molecule has 0 aliphatic heterocycles. The topological polar surface area (TPSA) is 66.6 Å². The predicted molar refractivity (Wildman–Crippen MR) is 100 cm³/mol. The number of carbonyl (C=O) groups excluding carboxylic acids is 1. The van der Waals surface area contributed by atoms with Crippen LogP contribution in [0, 0.1) is 6.92 Å². The molecule has 0 unspecified atom stereocenters. The standard InChI is InChI=1S/C18H21ClN6O/c1-13-7-8-20-18-21-16(22-25(13)18)17(26)24(10-9-23(2)3)12-14-5-4-6-15(19)11-14/h4-8,11H,9-10,12H2,1-3H3. The molecule has 0 aliphatic rings. The molecule has 0 N–H and O–H groups in total. The Balaban J connectivity index is 1.88. The van der Waals surface area contributed by atoms with Crippen LogP contribution in [-0.4, -0.2) is 62.5 Å². The van der Waals surface area contributed by atoms with Crippen LogP contribution in [0.15, 0.2) is 36.5 Å². The molecule has 2 aromatic heterocycles. The van der Waals surface area contributed by atoms with E-state index in [1.54, 1.807) is 15.6 Å². The minimum absolute atomic E-state index is 0.146. The number of nitrogens with zero attached hydrogens (tertiary/aromatic N) is 6. The fraction of sp³-hybridized carbons (Fsp3) is 0.333. The first-order valence-corrected chi connectivity index (χ1v) is 8.68. The Kier molecular flexibility index (Phi) is 5.49. The van der Waals surface area contributed by atoms with Gasteiger partial charge in [0.05, 0.1) is 0 Å². The number of hydrogen-bond donors (Lipinski definition) is 0. The minimum Gasteiger partial charge on any atom is -0.330 e. The highest BCUT2D eigenvalue weighted by Crippen LogP contribution is 2.14. The van der Waals surface area contributed by atoms with Crippen LogP contribution in [0.4, 0.5) is 0 Å². The number of carbonyl (C=O) groups is 1. The summed E-state index contributed by atoms with van der Waals surface area (Å²) in [6, 6.07) is 9.33. The highest BCUT2D eigenvalue weighted by atomic mass is 35.5. The number of likely N-dealkylation sites (N-methyl/N-ethyl adjacent to an activating group) is 1. The molecule has 1 amide bonds. The maximum Gasteiger partial charge on any atom is 0.293 e. The molecule has 0 saturated carbocycles. The highest BCUT2D eigenvalue weighted by Gasteiger charge is 2.22. The number of aryl methyl sites for hydroxylation is 1. The first-order chi connectivity index (χ1) is 12.4. The van der Waals surface area contributed by atoms with Gasteiger partial charge in [-0.3, -0.25) is 4.79 Å². The van der Waals surface area contributed by atoms with E-state index in [2.05, 4.69) is 15.1 Å². The third kappa shape index (κ3) is 4.17. The van der Waals surface area contributed by atoms with Crippen LogP contribution < -0.4 is 0 Å². The monoisotopic (exact) mass is 372 g/mol. The quantitative estimate of drug-likeness (QED) is 0.664. The van der Waals surface area contributed by atoms with Crippen molar-refractivity contribution in [3.63, 3.8) is 0 Å². The smallest absolute Gasteiger partial charge is 0.293 e. The van der Waals surface area contributed by atoms with E-state index in [0.717, 1.165) is 17.8 Å². The third-order valence-corrected chi connectivity index (χ3v) is 4.22. The molecule has 0 radical (unpaired) electrons. The van der Waals surface area contributed by atoms with Crippen molar-refractivity contribution >= 4 is 23.3 Å². The van der Waals surface area contributed by atoms with Gasteiger partial charge in [0.15, 0.2) is 0 Å². The van der Waals surface area contributed by atoms with Crippen molar-refractivity contribution in [3.05, 3.63) is 58.6 Å². The fourth-order valence-corrected chi connectivity index (χ4v) is 2.78. The Hall–Kier alpha value is -2.51. The first-order valence-electron chi connectivity index (χ1n) is 8.31. The van der Waals surface area contributed by atoms with Gasteiger partial charge in [0.1, 0.15) is 0 Å². The Labute approximate surface area is 157 Å². The van der Waals surface area contributed by atoms with Gasteiger partial charge in [-0.2, -0.15) is 4.98 Å². The summed E-state index contributed by atoms with van der Waals surface area (Å²) in [5.74, 6) is 0.341. The lowest BCUT2D eigenvalue weighted by Crippen LogP contribution is -2.36. The number of rotatable bonds is 6. The van der Waals surface area contributed by atoms with E-state index in [1.807, 2.05) is 56.3 Å². The molecule has 0 saturated heterocycles. The molecule has 0 spiro atoms. The van der Waals surface area contributed by atoms with Gasteiger partial charge in [0.25, 0.3) is 11.7 Å². The molecule has 0 aliphatic carbocycles.